The molecule has 90 valence electrons. The minimum absolute atomic E-state index is 0. The predicted molar refractivity (Wildman–Crippen MR) is 67.2 cm³/mol. The fourth-order valence-corrected chi connectivity index (χ4v) is 1.59. The average Bonchev–Trinajstić information content (AvgIpc) is 2.27. The first-order chi connectivity index (χ1) is 7.61. The predicted octanol–water partition coefficient (Wildman–Crippen LogP) is 2.67. The Labute approximate surface area is 105 Å². The van der Waals surface area contributed by atoms with Crippen LogP contribution in [0, 0.1) is 6.92 Å². The summed E-state index contributed by atoms with van der Waals surface area (Å²) in [6.07, 6.45) is 0. The van der Waals surface area contributed by atoms with Gasteiger partial charge in [0.1, 0.15) is 5.75 Å². The summed E-state index contributed by atoms with van der Waals surface area (Å²) in [5, 5.41) is 9.75. The van der Waals surface area contributed by atoms with Crippen molar-refractivity contribution in [2.75, 3.05) is 7.11 Å². The topological polar surface area (TPSA) is 59.4 Å². The van der Waals surface area contributed by atoms with Crippen LogP contribution in [0.15, 0.2) is 24.3 Å². The summed E-state index contributed by atoms with van der Waals surface area (Å²) in [4.78, 5) is 15.2. The molecule has 0 radical (unpaired) electrons. The number of carboxylic acid groups (broad SMARTS) is 1. The molecule has 4 nitrogen and oxygen atoms in total. The van der Waals surface area contributed by atoms with Gasteiger partial charge in [0.15, 0.2) is 0 Å². The zero-order chi connectivity index (χ0) is 11.7. The molecule has 5 heteroatoms. The van der Waals surface area contributed by atoms with Crippen molar-refractivity contribution in [3.63, 3.8) is 0 Å². The van der Waals surface area contributed by atoms with E-state index in [2.05, 4.69) is 4.98 Å². The molecule has 0 unspecified atom stereocenters. The van der Waals surface area contributed by atoms with Crippen LogP contribution in [0.1, 0.15) is 16.1 Å². The normalized spacial score (nSPS) is 9.76. The summed E-state index contributed by atoms with van der Waals surface area (Å²) in [6.45, 7) is 1.69. The molecule has 0 aliphatic rings. The molecule has 0 saturated heterocycles. The lowest BCUT2D eigenvalue weighted by atomic mass is 10.1. The van der Waals surface area contributed by atoms with Gasteiger partial charge in [-0.25, -0.2) is 4.79 Å². The number of carboxylic acids is 1. The molecule has 1 N–H and O–H groups in total. The van der Waals surface area contributed by atoms with E-state index in [1.165, 1.54) is 0 Å². The molecule has 0 aliphatic heterocycles. The van der Waals surface area contributed by atoms with Gasteiger partial charge in [-0.15, -0.1) is 12.4 Å². The average molecular weight is 254 g/mol. The van der Waals surface area contributed by atoms with Gasteiger partial charge in [-0.05, 0) is 31.2 Å². The van der Waals surface area contributed by atoms with Gasteiger partial charge in [0.2, 0.25) is 0 Å². The van der Waals surface area contributed by atoms with Crippen LogP contribution in [0.2, 0.25) is 0 Å². The largest absolute Gasteiger partial charge is 0.497 e. The lowest BCUT2D eigenvalue weighted by Crippen LogP contribution is -2.01. The fraction of sp³-hybridized carbons (Fsp3) is 0.167. The van der Waals surface area contributed by atoms with Gasteiger partial charge in [-0.1, -0.05) is 0 Å². The van der Waals surface area contributed by atoms with Crippen LogP contribution in [0.3, 0.4) is 0 Å². The molecule has 0 aliphatic carbocycles. The van der Waals surface area contributed by atoms with E-state index in [-0.39, 0.29) is 18.0 Å². The smallest absolute Gasteiger partial charge is 0.337 e. The highest BCUT2D eigenvalue weighted by atomic mass is 35.5. The highest BCUT2D eigenvalue weighted by Crippen LogP contribution is 2.21. The summed E-state index contributed by atoms with van der Waals surface area (Å²) >= 11 is 0. The summed E-state index contributed by atoms with van der Waals surface area (Å²) in [5.41, 5.74) is 1.51. The number of rotatable bonds is 2. The summed E-state index contributed by atoms with van der Waals surface area (Å²) in [5.74, 6) is -0.274. The Morgan fingerprint density at radius 3 is 2.65 bits per heavy atom. The molecule has 2 rings (SSSR count). The number of nitrogens with zero attached hydrogens (tertiary/aromatic N) is 1. The summed E-state index contributed by atoms with van der Waals surface area (Å²) < 4.78 is 5.08. The molecular formula is C12H12ClNO3. The molecule has 1 aromatic carbocycles. The van der Waals surface area contributed by atoms with Crippen molar-refractivity contribution in [1.29, 1.82) is 0 Å². The number of benzene rings is 1. The van der Waals surface area contributed by atoms with Crippen LogP contribution >= 0.6 is 12.4 Å². The third kappa shape index (κ3) is 2.47. The molecule has 1 heterocycles. The molecular weight excluding hydrogens is 242 g/mol. The van der Waals surface area contributed by atoms with Gasteiger partial charge < -0.3 is 9.84 Å². The van der Waals surface area contributed by atoms with E-state index in [4.69, 9.17) is 9.84 Å². The van der Waals surface area contributed by atoms with Gasteiger partial charge in [-0.2, -0.15) is 0 Å². The maximum Gasteiger partial charge on any atom is 0.337 e. The highest BCUT2D eigenvalue weighted by Gasteiger charge is 2.10. The van der Waals surface area contributed by atoms with E-state index in [0.29, 0.717) is 11.4 Å². The molecule has 0 fully saturated rings. The van der Waals surface area contributed by atoms with Gasteiger partial charge in [-0.3, -0.25) is 4.98 Å². The number of aromatic carboxylic acids is 1. The molecule has 0 atom stereocenters. The van der Waals surface area contributed by atoms with Crippen LogP contribution < -0.4 is 4.74 Å². The van der Waals surface area contributed by atoms with Crippen LogP contribution in [0.5, 0.6) is 5.75 Å². The van der Waals surface area contributed by atoms with E-state index >= 15 is 0 Å². The van der Waals surface area contributed by atoms with E-state index in [0.717, 1.165) is 10.9 Å². The molecule has 17 heavy (non-hydrogen) atoms. The lowest BCUT2D eigenvalue weighted by Gasteiger charge is -2.05. The second-order valence-corrected chi connectivity index (χ2v) is 3.49. The Balaban J connectivity index is 0.00000144. The highest BCUT2D eigenvalue weighted by molar-refractivity contribution is 5.94. The number of aryl methyl sites for hydroxylation is 1. The van der Waals surface area contributed by atoms with Gasteiger partial charge in [0.25, 0.3) is 0 Å². The third-order valence-electron chi connectivity index (χ3n) is 2.44. The van der Waals surface area contributed by atoms with Crippen molar-refractivity contribution < 1.29 is 14.6 Å². The van der Waals surface area contributed by atoms with Crippen LogP contribution in [0.25, 0.3) is 10.9 Å². The zero-order valence-corrected chi connectivity index (χ0v) is 10.2. The van der Waals surface area contributed by atoms with E-state index in [9.17, 15) is 4.79 Å². The van der Waals surface area contributed by atoms with Crippen molar-refractivity contribution in [3.05, 3.63) is 35.5 Å². The third-order valence-corrected chi connectivity index (χ3v) is 2.44. The standard InChI is InChI=1S/C12H11NO3.ClH/c1-7-10(12(14)15)6-8-5-9(16-2)3-4-11(8)13-7;/h3-6H,1-2H3,(H,14,15);1H. The fourth-order valence-electron chi connectivity index (χ4n) is 1.59. The molecule has 1 aromatic heterocycles. The number of carbonyl (C=O) groups is 1. The number of hydrogen-bond donors (Lipinski definition) is 1. The Kier molecular flexibility index (Phi) is 3.91. The van der Waals surface area contributed by atoms with Crippen molar-refractivity contribution in [2.45, 2.75) is 6.92 Å². The van der Waals surface area contributed by atoms with E-state index in [1.807, 2.05) is 6.07 Å². The Morgan fingerprint density at radius 1 is 1.35 bits per heavy atom. The zero-order valence-electron chi connectivity index (χ0n) is 9.43. The quantitative estimate of drug-likeness (QED) is 0.894. The number of methoxy groups -OCH3 is 1. The first-order valence-electron chi connectivity index (χ1n) is 4.80. The molecule has 0 amide bonds. The summed E-state index contributed by atoms with van der Waals surface area (Å²) in [7, 11) is 1.57. The van der Waals surface area contributed by atoms with Gasteiger partial charge in [0.05, 0.1) is 23.9 Å². The first-order valence-corrected chi connectivity index (χ1v) is 4.80. The first kappa shape index (κ1) is 13.3. The number of fused-ring (bicyclic) bond motifs is 1. The molecule has 0 spiro atoms. The van der Waals surface area contributed by atoms with Crippen molar-refractivity contribution in [1.82, 2.24) is 4.98 Å². The molecule has 0 saturated carbocycles. The molecule has 2 aromatic rings. The second-order valence-electron chi connectivity index (χ2n) is 3.49. The lowest BCUT2D eigenvalue weighted by molar-refractivity contribution is 0.0696. The Morgan fingerprint density at radius 2 is 2.06 bits per heavy atom. The van der Waals surface area contributed by atoms with Crippen LogP contribution in [-0.2, 0) is 0 Å². The second kappa shape index (κ2) is 5.01. The van der Waals surface area contributed by atoms with Crippen LogP contribution in [-0.4, -0.2) is 23.2 Å². The van der Waals surface area contributed by atoms with Gasteiger partial charge >= 0.3 is 5.97 Å². The Bertz CT molecular complexity index is 569. The number of aromatic nitrogens is 1. The SMILES string of the molecule is COc1ccc2nc(C)c(C(=O)O)cc2c1.Cl. The number of halogens is 1. The van der Waals surface area contributed by atoms with Crippen molar-refractivity contribution in [3.8, 4) is 5.75 Å². The van der Waals surface area contributed by atoms with E-state index in [1.54, 1.807) is 32.2 Å². The molecule has 0 bridgehead atoms. The van der Waals surface area contributed by atoms with Gasteiger partial charge in [0, 0.05) is 5.39 Å². The minimum atomic E-state index is -0.963. The summed E-state index contributed by atoms with van der Waals surface area (Å²) in [6, 6.07) is 7.00. The van der Waals surface area contributed by atoms with Crippen LogP contribution in [0.4, 0.5) is 0 Å². The minimum Gasteiger partial charge on any atom is -0.497 e. The number of hydrogen-bond acceptors (Lipinski definition) is 3. The van der Waals surface area contributed by atoms with E-state index < -0.39 is 5.97 Å². The monoisotopic (exact) mass is 253 g/mol. The Hall–Kier alpha value is -1.81. The number of pyridine rings is 1. The number of ether oxygens (including phenoxy) is 1. The van der Waals surface area contributed by atoms with Crippen molar-refractivity contribution >= 4 is 29.3 Å². The van der Waals surface area contributed by atoms with Crippen molar-refractivity contribution in [2.24, 2.45) is 0 Å². The maximum atomic E-state index is 10.9. The maximum absolute atomic E-state index is 10.9.